The van der Waals surface area contributed by atoms with Gasteiger partial charge in [0.05, 0.1) is 23.2 Å². The summed E-state index contributed by atoms with van der Waals surface area (Å²) in [6.45, 7) is 5.06. The minimum Gasteiger partial charge on any atom is -0.459 e. The molecule has 7 nitrogen and oxygen atoms in total. The first kappa shape index (κ1) is 16.5. The number of aromatic nitrogens is 3. The van der Waals surface area contributed by atoms with Gasteiger partial charge in [0.25, 0.3) is 5.91 Å². The van der Waals surface area contributed by atoms with Crippen LogP contribution in [0, 0.1) is 13.8 Å². The minimum atomic E-state index is -0.0810. The van der Waals surface area contributed by atoms with Gasteiger partial charge in [-0.3, -0.25) is 4.79 Å². The molecule has 1 unspecified atom stereocenters. The molecule has 26 heavy (non-hydrogen) atoms. The molecule has 0 spiro atoms. The predicted octanol–water partition coefficient (Wildman–Crippen LogP) is 3.36. The smallest absolute Gasteiger partial charge is 0.289 e. The number of aryl methyl sites for hydroxylation is 2. The van der Waals surface area contributed by atoms with Crippen molar-refractivity contribution in [2.24, 2.45) is 0 Å². The van der Waals surface area contributed by atoms with Gasteiger partial charge in [-0.05, 0) is 38.8 Å². The van der Waals surface area contributed by atoms with E-state index < -0.39 is 0 Å². The van der Waals surface area contributed by atoms with E-state index in [0.717, 1.165) is 36.3 Å². The zero-order valence-electron chi connectivity index (χ0n) is 14.8. The van der Waals surface area contributed by atoms with E-state index in [4.69, 9.17) is 8.94 Å². The standard InChI is InChI=1S/C19H20N4O3/c1-12-9-17(26-22-12)15-10-20-13(2)21-18(15)14-5-3-7-23(11-14)19(24)16-6-4-8-25-16/h4,6,8-10,14H,3,5,7,11H2,1-2H3. The van der Waals surface area contributed by atoms with Crippen LogP contribution >= 0.6 is 0 Å². The Morgan fingerprint density at radius 2 is 2.23 bits per heavy atom. The van der Waals surface area contributed by atoms with Crippen LogP contribution in [0.25, 0.3) is 11.3 Å². The molecule has 1 aliphatic heterocycles. The second-order valence-electron chi connectivity index (χ2n) is 6.62. The Morgan fingerprint density at radius 3 is 2.96 bits per heavy atom. The van der Waals surface area contributed by atoms with E-state index >= 15 is 0 Å². The molecular weight excluding hydrogens is 332 g/mol. The second-order valence-corrected chi connectivity index (χ2v) is 6.62. The van der Waals surface area contributed by atoms with E-state index in [-0.39, 0.29) is 11.8 Å². The van der Waals surface area contributed by atoms with Crippen LogP contribution in [0.2, 0.25) is 0 Å². The highest BCUT2D eigenvalue weighted by molar-refractivity contribution is 5.91. The zero-order chi connectivity index (χ0) is 18.1. The van der Waals surface area contributed by atoms with Crippen molar-refractivity contribution in [3.63, 3.8) is 0 Å². The summed E-state index contributed by atoms with van der Waals surface area (Å²) >= 11 is 0. The van der Waals surface area contributed by atoms with E-state index in [1.54, 1.807) is 18.3 Å². The highest BCUT2D eigenvalue weighted by Crippen LogP contribution is 2.33. The zero-order valence-corrected chi connectivity index (χ0v) is 14.8. The maximum atomic E-state index is 12.6. The summed E-state index contributed by atoms with van der Waals surface area (Å²) in [7, 11) is 0. The average Bonchev–Trinajstić information content (AvgIpc) is 3.33. The predicted molar refractivity (Wildman–Crippen MR) is 93.6 cm³/mol. The summed E-state index contributed by atoms with van der Waals surface area (Å²) in [5.41, 5.74) is 2.56. The second kappa shape index (κ2) is 6.74. The highest BCUT2D eigenvalue weighted by atomic mass is 16.5. The van der Waals surface area contributed by atoms with Crippen LogP contribution in [0.1, 0.15) is 46.5 Å². The number of hydrogen-bond acceptors (Lipinski definition) is 6. The van der Waals surface area contributed by atoms with Crippen LogP contribution in [-0.4, -0.2) is 39.0 Å². The summed E-state index contributed by atoms with van der Waals surface area (Å²) in [6, 6.07) is 5.31. The van der Waals surface area contributed by atoms with Gasteiger partial charge in [0.1, 0.15) is 5.82 Å². The van der Waals surface area contributed by atoms with Crippen molar-refractivity contribution < 1.29 is 13.7 Å². The molecule has 3 aromatic heterocycles. The van der Waals surface area contributed by atoms with Crippen molar-refractivity contribution in [2.75, 3.05) is 13.1 Å². The summed E-state index contributed by atoms with van der Waals surface area (Å²) in [5.74, 6) is 1.77. The molecule has 1 aliphatic rings. The number of carbonyl (C=O) groups excluding carboxylic acids is 1. The fraction of sp³-hybridized carbons (Fsp3) is 0.368. The van der Waals surface area contributed by atoms with Gasteiger partial charge in [-0.1, -0.05) is 5.16 Å². The maximum absolute atomic E-state index is 12.6. The fourth-order valence-corrected chi connectivity index (χ4v) is 3.42. The van der Waals surface area contributed by atoms with Gasteiger partial charge in [-0.2, -0.15) is 0 Å². The Bertz CT molecular complexity index is 917. The Hall–Kier alpha value is -2.96. The van der Waals surface area contributed by atoms with Gasteiger partial charge in [-0.25, -0.2) is 9.97 Å². The Balaban J connectivity index is 1.64. The lowest BCUT2D eigenvalue weighted by atomic mass is 9.91. The SMILES string of the molecule is Cc1cc(-c2cnc(C)nc2C2CCCN(C(=O)c3ccco3)C2)on1. The number of furan rings is 1. The van der Waals surface area contributed by atoms with Crippen LogP contribution in [-0.2, 0) is 0 Å². The molecular formula is C19H20N4O3. The number of amides is 1. The minimum absolute atomic E-state index is 0.0810. The molecule has 0 bridgehead atoms. The van der Waals surface area contributed by atoms with E-state index in [2.05, 4.69) is 15.1 Å². The average molecular weight is 352 g/mol. The molecule has 3 aromatic rings. The van der Waals surface area contributed by atoms with E-state index in [1.807, 2.05) is 24.8 Å². The maximum Gasteiger partial charge on any atom is 0.289 e. The van der Waals surface area contributed by atoms with Crippen molar-refractivity contribution in [3.8, 4) is 11.3 Å². The van der Waals surface area contributed by atoms with Gasteiger partial charge in [-0.15, -0.1) is 0 Å². The Kier molecular flexibility index (Phi) is 4.28. The highest BCUT2D eigenvalue weighted by Gasteiger charge is 2.30. The van der Waals surface area contributed by atoms with Gasteiger partial charge in [0.2, 0.25) is 0 Å². The van der Waals surface area contributed by atoms with Gasteiger partial charge in [0.15, 0.2) is 11.5 Å². The lowest BCUT2D eigenvalue weighted by Gasteiger charge is -2.32. The third-order valence-corrected chi connectivity index (χ3v) is 4.66. The molecule has 1 atom stereocenters. The molecule has 1 amide bonds. The van der Waals surface area contributed by atoms with Gasteiger partial charge >= 0.3 is 0 Å². The van der Waals surface area contributed by atoms with E-state index in [0.29, 0.717) is 23.9 Å². The third kappa shape index (κ3) is 3.12. The van der Waals surface area contributed by atoms with Crippen molar-refractivity contribution in [3.05, 3.63) is 53.6 Å². The first-order valence-electron chi connectivity index (χ1n) is 8.72. The number of hydrogen-bond donors (Lipinski definition) is 0. The number of carbonyl (C=O) groups is 1. The van der Waals surface area contributed by atoms with Crippen LogP contribution in [0.5, 0.6) is 0 Å². The van der Waals surface area contributed by atoms with Crippen LogP contribution < -0.4 is 0 Å². The van der Waals surface area contributed by atoms with Gasteiger partial charge < -0.3 is 13.8 Å². The van der Waals surface area contributed by atoms with Crippen molar-refractivity contribution in [1.29, 1.82) is 0 Å². The molecule has 0 aromatic carbocycles. The Morgan fingerprint density at radius 1 is 1.35 bits per heavy atom. The summed E-state index contributed by atoms with van der Waals surface area (Å²) in [4.78, 5) is 23.5. The quantitative estimate of drug-likeness (QED) is 0.718. The monoisotopic (exact) mass is 352 g/mol. The van der Waals surface area contributed by atoms with Crippen molar-refractivity contribution >= 4 is 5.91 Å². The molecule has 0 N–H and O–H groups in total. The van der Waals surface area contributed by atoms with E-state index in [1.165, 1.54) is 6.26 Å². The number of likely N-dealkylation sites (tertiary alicyclic amines) is 1. The summed E-state index contributed by atoms with van der Waals surface area (Å²) in [6.07, 6.45) is 5.17. The van der Waals surface area contributed by atoms with Crippen LogP contribution in [0.4, 0.5) is 0 Å². The number of piperidine rings is 1. The fourth-order valence-electron chi connectivity index (χ4n) is 3.42. The summed E-state index contributed by atoms with van der Waals surface area (Å²) in [5, 5.41) is 3.97. The lowest BCUT2D eigenvalue weighted by Crippen LogP contribution is -2.39. The van der Waals surface area contributed by atoms with Gasteiger partial charge in [0, 0.05) is 31.3 Å². The Labute approximate surface area is 151 Å². The van der Waals surface area contributed by atoms with Crippen molar-refractivity contribution in [1.82, 2.24) is 20.0 Å². The van der Waals surface area contributed by atoms with Crippen molar-refractivity contribution in [2.45, 2.75) is 32.6 Å². The van der Waals surface area contributed by atoms with Crippen LogP contribution in [0.3, 0.4) is 0 Å². The lowest BCUT2D eigenvalue weighted by molar-refractivity contribution is 0.0673. The molecule has 0 saturated carbocycles. The molecule has 0 radical (unpaired) electrons. The summed E-state index contributed by atoms with van der Waals surface area (Å²) < 4.78 is 10.7. The molecule has 7 heteroatoms. The number of rotatable bonds is 3. The topological polar surface area (TPSA) is 85.3 Å². The largest absolute Gasteiger partial charge is 0.459 e. The third-order valence-electron chi connectivity index (χ3n) is 4.66. The molecule has 4 rings (SSSR count). The van der Waals surface area contributed by atoms with Crippen LogP contribution in [0.15, 0.2) is 39.6 Å². The first-order valence-corrected chi connectivity index (χ1v) is 8.72. The molecule has 1 saturated heterocycles. The molecule has 134 valence electrons. The number of nitrogens with zero attached hydrogens (tertiary/aromatic N) is 4. The van der Waals surface area contributed by atoms with E-state index in [9.17, 15) is 4.79 Å². The molecule has 4 heterocycles. The molecule has 1 fully saturated rings. The molecule has 0 aliphatic carbocycles. The normalized spacial score (nSPS) is 17.5. The first-order chi connectivity index (χ1) is 12.6.